The quantitative estimate of drug-likeness (QED) is 0.746. The van der Waals surface area contributed by atoms with Crippen molar-refractivity contribution in [2.24, 2.45) is 0 Å². The minimum Gasteiger partial charge on any atom is -0.462 e. The van der Waals surface area contributed by atoms with Gasteiger partial charge < -0.3 is 5.11 Å². The summed E-state index contributed by atoms with van der Waals surface area (Å²) in [6, 6.07) is 9.22. The van der Waals surface area contributed by atoms with E-state index in [1.165, 1.54) is 7.11 Å². The Balaban J connectivity index is 2.44. The van der Waals surface area contributed by atoms with E-state index in [1.807, 2.05) is 30.3 Å². The predicted molar refractivity (Wildman–Crippen MR) is 48.1 cm³/mol. The van der Waals surface area contributed by atoms with E-state index in [0.717, 1.165) is 5.56 Å². The molecule has 5 heteroatoms. The maximum absolute atomic E-state index is 10.4. The van der Waals surface area contributed by atoms with Gasteiger partial charge in [0.1, 0.15) is 6.61 Å². The fourth-order valence-corrected chi connectivity index (χ4v) is 0.893. The number of hydrogen-bond acceptors (Lipinski definition) is 3. The first kappa shape index (κ1) is 10.5. The average molecular weight is 197 g/mol. The minimum absolute atomic E-state index is 0.154. The van der Waals surface area contributed by atoms with Gasteiger partial charge in [0.05, 0.1) is 7.11 Å². The summed E-state index contributed by atoms with van der Waals surface area (Å²) in [6.45, 7) is 0.154. The van der Waals surface area contributed by atoms with Crippen molar-refractivity contribution in [3.63, 3.8) is 0 Å². The molecule has 1 aromatic rings. The van der Waals surface area contributed by atoms with Crippen LogP contribution in [-0.2, 0) is 16.3 Å². The molecule has 0 aliphatic heterocycles. The largest absolute Gasteiger partial charge is 0.462 e. The van der Waals surface area contributed by atoms with Crippen LogP contribution in [-0.4, -0.2) is 23.5 Å². The number of nitrogens with zero attached hydrogens (tertiary/aromatic N) is 1. The number of hydroxylamine groups is 2. The van der Waals surface area contributed by atoms with E-state index in [4.69, 9.17) is 9.94 Å². The normalized spacial score (nSPS) is 9.79. The zero-order valence-corrected chi connectivity index (χ0v) is 7.71. The van der Waals surface area contributed by atoms with Crippen molar-refractivity contribution in [2.45, 2.75) is 6.61 Å². The van der Waals surface area contributed by atoms with Crippen LogP contribution < -0.4 is 0 Å². The van der Waals surface area contributed by atoms with Gasteiger partial charge in [0, 0.05) is 0 Å². The van der Waals surface area contributed by atoms with Crippen molar-refractivity contribution in [1.82, 2.24) is 5.23 Å². The molecule has 14 heavy (non-hydrogen) atoms. The Kier molecular flexibility index (Phi) is 3.90. The second-order valence-electron chi connectivity index (χ2n) is 2.48. The zero-order valence-electron chi connectivity index (χ0n) is 7.71. The van der Waals surface area contributed by atoms with Crippen LogP contribution in [0.1, 0.15) is 5.56 Å². The van der Waals surface area contributed by atoms with Crippen LogP contribution in [0.2, 0.25) is 0 Å². The molecule has 1 amide bonds. The van der Waals surface area contributed by atoms with E-state index in [9.17, 15) is 4.79 Å². The summed E-state index contributed by atoms with van der Waals surface area (Å²) in [4.78, 5) is 19.7. The van der Waals surface area contributed by atoms with E-state index >= 15 is 0 Å². The van der Waals surface area contributed by atoms with E-state index in [2.05, 4.69) is 4.84 Å². The van der Waals surface area contributed by atoms with Crippen LogP contribution in [0.3, 0.4) is 0 Å². The van der Waals surface area contributed by atoms with E-state index in [1.54, 1.807) is 0 Å². The van der Waals surface area contributed by atoms with E-state index in [0.29, 0.717) is 5.23 Å². The molecule has 0 bridgehead atoms. The van der Waals surface area contributed by atoms with Gasteiger partial charge in [-0.1, -0.05) is 30.3 Å². The monoisotopic (exact) mass is 197 g/mol. The summed E-state index contributed by atoms with van der Waals surface area (Å²) in [7, 11) is 1.22. The second-order valence-corrected chi connectivity index (χ2v) is 2.48. The molecule has 0 fully saturated rings. The van der Waals surface area contributed by atoms with E-state index in [-0.39, 0.29) is 6.61 Å². The first-order valence-electron chi connectivity index (χ1n) is 3.98. The Morgan fingerprint density at radius 2 is 2.07 bits per heavy atom. The molecular formula is C9H11NO4. The lowest BCUT2D eigenvalue weighted by Gasteiger charge is -2.14. The lowest BCUT2D eigenvalue weighted by Crippen LogP contribution is -2.28. The Morgan fingerprint density at radius 1 is 1.43 bits per heavy atom. The Bertz CT molecular complexity index is 288. The van der Waals surface area contributed by atoms with Gasteiger partial charge in [-0.05, 0) is 10.8 Å². The predicted octanol–water partition coefficient (Wildman–Crippen LogP) is 1.66. The highest BCUT2D eigenvalue weighted by Gasteiger charge is 2.11. The summed E-state index contributed by atoms with van der Waals surface area (Å²) in [5.74, 6) is 0. The van der Waals surface area contributed by atoms with Crippen LogP contribution in [0.25, 0.3) is 0 Å². The molecule has 1 aromatic carbocycles. The van der Waals surface area contributed by atoms with E-state index < -0.39 is 6.09 Å². The molecule has 0 unspecified atom stereocenters. The first-order chi connectivity index (χ1) is 6.74. The molecular weight excluding hydrogens is 186 g/mol. The molecule has 0 atom stereocenters. The standard InChI is InChI=1S/C9H11NO4/c1-13-10(9(11)12)14-7-8-5-3-2-4-6-8/h2-6H,7H2,1H3,(H,11,12). The first-order valence-corrected chi connectivity index (χ1v) is 3.98. The molecule has 0 saturated carbocycles. The molecule has 0 spiro atoms. The lowest BCUT2D eigenvalue weighted by molar-refractivity contribution is -0.327. The number of benzene rings is 1. The van der Waals surface area contributed by atoms with Crippen molar-refractivity contribution in [3.8, 4) is 0 Å². The zero-order chi connectivity index (χ0) is 10.4. The smallest absolute Gasteiger partial charge is 0.457 e. The van der Waals surface area contributed by atoms with Crippen molar-refractivity contribution >= 4 is 6.09 Å². The van der Waals surface area contributed by atoms with Crippen LogP contribution in [0.4, 0.5) is 4.79 Å². The van der Waals surface area contributed by atoms with Gasteiger partial charge in [0.15, 0.2) is 0 Å². The molecule has 0 radical (unpaired) electrons. The lowest BCUT2D eigenvalue weighted by atomic mass is 10.2. The van der Waals surface area contributed by atoms with Gasteiger partial charge in [-0.25, -0.2) is 14.5 Å². The SMILES string of the molecule is CON(OCc1ccccc1)C(=O)O. The summed E-state index contributed by atoms with van der Waals surface area (Å²) in [5.41, 5.74) is 0.871. The van der Waals surface area contributed by atoms with Crippen LogP contribution in [0, 0.1) is 0 Å². The fourth-order valence-electron chi connectivity index (χ4n) is 0.893. The van der Waals surface area contributed by atoms with Gasteiger partial charge in [-0.15, -0.1) is 0 Å². The van der Waals surface area contributed by atoms with Crippen LogP contribution >= 0.6 is 0 Å². The third-order valence-electron chi connectivity index (χ3n) is 1.51. The molecule has 0 aromatic heterocycles. The van der Waals surface area contributed by atoms with Crippen molar-refractivity contribution in [3.05, 3.63) is 35.9 Å². The topological polar surface area (TPSA) is 59.0 Å². The van der Waals surface area contributed by atoms with Crippen LogP contribution in [0.15, 0.2) is 30.3 Å². The Morgan fingerprint density at radius 3 is 2.57 bits per heavy atom. The molecule has 5 nitrogen and oxygen atoms in total. The number of hydrogen-bond donors (Lipinski definition) is 1. The molecule has 0 heterocycles. The molecule has 0 aliphatic carbocycles. The number of rotatable bonds is 4. The number of carbonyl (C=O) groups is 1. The third kappa shape index (κ3) is 3.04. The second kappa shape index (κ2) is 5.21. The van der Waals surface area contributed by atoms with Crippen molar-refractivity contribution in [2.75, 3.05) is 7.11 Å². The third-order valence-corrected chi connectivity index (χ3v) is 1.51. The van der Waals surface area contributed by atoms with Gasteiger partial charge in [0.25, 0.3) is 0 Å². The molecule has 1 N–H and O–H groups in total. The fraction of sp³-hybridized carbons (Fsp3) is 0.222. The summed E-state index contributed by atoms with van der Waals surface area (Å²) in [6.07, 6.45) is -1.29. The van der Waals surface area contributed by atoms with Gasteiger partial charge in [-0.2, -0.15) is 0 Å². The number of carboxylic acid groups (broad SMARTS) is 1. The van der Waals surface area contributed by atoms with Crippen molar-refractivity contribution < 1.29 is 19.6 Å². The highest BCUT2D eigenvalue weighted by molar-refractivity contribution is 5.62. The van der Waals surface area contributed by atoms with Crippen molar-refractivity contribution in [1.29, 1.82) is 0 Å². The minimum atomic E-state index is -1.29. The molecule has 0 saturated heterocycles. The van der Waals surface area contributed by atoms with Gasteiger partial charge in [0.2, 0.25) is 0 Å². The Hall–Kier alpha value is -1.59. The average Bonchev–Trinajstić information content (AvgIpc) is 2.20. The highest BCUT2D eigenvalue weighted by Crippen LogP contribution is 2.02. The highest BCUT2D eigenvalue weighted by atomic mass is 17.0. The summed E-state index contributed by atoms with van der Waals surface area (Å²) in [5, 5.41) is 8.94. The Labute approximate surface area is 81.4 Å². The van der Waals surface area contributed by atoms with Gasteiger partial charge >= 0.3 is 6.09 Å². The van der Waals surface area contributed by atoms with Crippen LogP contribution in [0.5, 0.6) is 0 Å². The number of amides is 1. The maximum atomic E-state index is 10.4. The molecule has 76 valence electrons. The summed E-state index contributed by atoms with van der Waals surface area (Å²) >= 11 is 0. The van der Waals surface area contributed by atoms with Gasteiger partial charge in [-0.3, -0.25) is 0 Å². The summed E-state index contributed by atoms with van der Waals surface area (Å²) < 4.78 is 0. The maximum Gasteiger partial charge on any atom is 0.457 e. The molecule has 0 aliphatic rings. The molecule has 1 rings (SSSR count).